The van der Waals surface area contributed by atoms with Crippen molar-refractivity contribution >= 4 is 33.2 Å². The zero-order valence-electron chi connectivity index (χ0n) is 10.5. The summed E-state index contributed by atoms with van der Waals surface area (Å²) in [5.41, 5.74) is 0.876. The standard InChI is InChI=1S/C14H11BrClF2NO/c1-20-13-4-2-3-11(16)9(13)7-19-14-10(15)5-8(17)6-12(14)18/h2-6,19H,7H2,1H3. The lowest BCUT2D eigenvalue weighted by Crippen LogP contribution is -2.05. The average Bonchev–Trinajstić information content (AvgIpc) is 2.38. The molecule has 0 spiro atoms. The molecule has 106 valence electrons. The molecule has 0 aromatic heterocycles. The second-order valence-electron chi connectivity index (χ2n) is 4.02. The van der Waals surface area contributed by atoms with Crippen LogP contribution in [0.2, 0.25) is 5.02 Å². The maximum atomic E-state index is 13.7. The molecular formula is C14H11BrClF2NO. The molecule has 0 amide bonds. The monoisotopic (exact) mass is 361 g/mol. The van der Waals surface area contributed by atoms with Crippen LogP contribution in [0.5, 0.6) is 5.75 Å². The summed E-state index contributed by atoms with van der Waals surface area (Å²) in [6.45, 7) is 0.254. The van der Waals surface area contributed by atoms with Crippen LogP contribution in [0.4, 0.5) is 14.5 Å². The van der Waals surface area contributed by atoms with E-state index in [2.05, 4.69) is 21.2 Å². The molecule has 2 rings (SSSR count). The summed E-state index contributed by atoms with van der Waals surface area (Å²) >= 11 is 9.21. The van der Waals surface area contributed by atoms with E-state index >= 15 is 0 Å². The Morgan fingerprint density at radius 3 is 2.70 bits per heavy atom. The molecule has 6 heteroatoms. The number of anilines is 1. The quantitative estimate of drug-likeness (QED) is 0.826. The Morgan fingerprint density at radius 1 is 1.30 bits per heavy atom. The van der Waals surface area contributed by atoms with Crippen LogP contribution in [0.1, 0.15) is 5.56 Å². The lowest BCUT2D eigenvalue weighted by molar-refractivity contribution is 0.410. The molecule has 20 heavy (non-hydrogen) atoms. The van der Waals surface area contributed by atoms with Crippen molar-refractivity contribution in [2.45, 2.75) is 6.54 Å². The third-order valence-corrected chi connectivity index (χ3v) is 3.72. The summed E-state index contributed by atoms with van der Waals surface area (Å²) in [4.78, 5) is 0. The number of ether oxygens (including phenoxy) is 1. The first kappa shape index (κ1) is 15.1. The Hall–Kier alpha value is -1.33. The molecule has 2 aromatic rings. The molecule has 0 saturated carbocycles. The van der Waals surface area contributed by atoms with Gasteiger partial charge < -0.3 is 10.1 Å². The molecule has 0 heterocycles. The summed E-state index contributed by atoms with van der Waals surface area (Å²) in [5.74, 6) is -0.721. The molecule has 0 aliphatic rings. The molecule has 0 bridgehead atoms. The van der Waals surface area contributed by atoms with E-state index in [-0.39, 0.29) is 12.2 Å². The molecule has 0 atom stereocenters. The number of rotatable bonds is 4. The predicted octanol–water partition coefficient (Wildman–Crippen LogP) is 5.00. The van der Waals surface area contributed by atoms with Crippen LogP contribution in [0.25, 0.3) is 0 Å². The molecule has 0 fully saturated rings. The molecule has 0 unspecified atom stereocenters. The summed E-state index contributed by atoms with van der Waals surface area (Å²) in [6.07, 6.45) is 0. The highest BCUT2D eigenvalue weighted by atomic mass is 79.9. The largest absolute Gasteiger partial charge is 0.496 e. The third kappa shape index (κ3) is 3.22. The van der Waals surface area contributed by atoms with Gasteiger partial charge in [0.1, 0.15) is 17.4 Å². The van der Waals surface area contributed by atoms with Gasteiger partial charge in [0.25, 0.3) is 0 Å². The predicted molar refractivity (Wildman–Crippen MR) is 79.4 cm³/mol. The third-order valence-electron chi connectivity index (χ3n) is 2.74. The van der Waals surface area contributed by atoms with Gasteiger partial charge in [-0.15, -0.1) is 0 Å². The van der Waals surface area contributed by atoms with Crippen LogP contribution in [0.3, 0.4) is 0 Å². The Labute approximate surface area is 128 Å². The lowest BCUT2D eigenvalue weighted by Gasteiger charge is -2.13. The fourth-order valence-electron chi connectivity index (χ4n) is 1.79. The van der Waals surface area contributed by atoms with E-state index in [1.54, 1.807) is 18.2 Å². The van der Waals surface area contributed by atoms with E-state index in [1.165, 1.54) is 13.2 Å². The maximum Gasteiger partial charge on any atom is 0.150 e. The Kier molecular flexibility index (Phi) is 4.83. The number of nitrogens with one attached hydrogen (secondary N) is 1. The fourth-order valence-corrected chi connectivity index (χ4v) is 2.57. The van der Waals surface area contributed by atoms with Gasteiger partial charge in [-0.1, -0.05) is 17.7 Å². The summed E-state index contributed by atoms with van der Waals surface area (Å²) in [7, 11) is 1.53. The van der Waals surface area contributed by atoms with Crippen molar-refractivity contribution in [1.82, 2.24) is 0 Å². The van der Waals surface area contributed by atoms with E-state index in [1.807, 2.05) is 0 Å². The smallest absolute Gasteiger partial charge is 0.150 e. The van der Waals surface area contributed by atoms with Gasteiger partial charge in [-0.05, 0) is 34.1 Å². The zero-order valence-corrected chi connectivity index (χ0v) is 12.9. The maximum absolute atomic E-state index is 13.7. The van der Waals surface area contributed by atoms with Gasteiger partial charge in [0, 0.05) is 27.7 Å². The zero-order chi connectivity index (χ0) is 14.7. The van der Waals surface area contributed by atoms with E-state index in [0.29, 0.717) is 20.8 Å². The number of methoxy groups -OCH3 is 1. The van der Waals surface area contributed by atoms with Gasteiger partial charge in [-0.3, -0.25) is 0 Å². The minimum absolute atomic E-state index is 0.174. The summed E-state index contributed by atoms with van der Waals surface area (Å²) in [5, 5.41) is 3.40. The Morgan fingerprint density at radius 2 is 2.05 bits per heavy atom. The highest BCUT2D eigenvalue weighted by Gasteiger charge is 2.12. The van der Waals surface area contributed by atoms with Crippen molar-refractivity contribution in [1.29, 1.82) is 0 Å². The number of benzene rings is 2. The van der Waals surface area contributed by atoms with Gasteiger partial charge in [0.15, 0.2) is 0 Å². The van der Waals surface area contributed by atoms with Gasteiger partial charge >= 0.3 is 0 Å². The molecule has 0 aliphatic carbocycles. The van der Waals surface area contributed by atoms with Crippen molar-refractivity contribution in [2.24, 2.45) is 0 Å². The van der Waals surface area contributed by atoms with Crippen molar-refractivity contribution in [2.75, 3.05) is 12.4 Å². The SMILES string of the molecule is COc1cccc(Cl)c1CNc1c(F)cc(F)cc1Br. The van der Waals surface area contributed by atoms with Gasteiger partial charge in [-0.25, -0.2) is 8.78 Å². The van der Waals surface area contributed by atoms with Crippen molar-refractivity contribution in [3.8, 4) is 5.75 Å². The average molecular weight is 363 g/mol. The lowest BCUT2D eigenvalue weighted by atomic mass is 10.2. The Balaban J connectivity index is 2.26. The van der Waals surface area contributed by atoms with Crippen LogP contribution in [-0.2, 0) is 6.54 Å². The molecule has 0 aliphatic heterocycles. The second kappa shape index (κ2) is 6.41. The van der Waals surface area contributed by atoms with Crippen LogP contribution >= 0.6 is 27.5 Å². The first-order chi connectivity index (χ1) is 9.52. The Bertz CT molecular complexity index is 614. The number of hydrogen-bond donors (Lipinski definition) is 1. The molecule has 2 nitrogen and oxygen atoms in total. The van der Waals surface area contributed by atoms with E-state index in [0.717, 1.165) is 6.07 Å². The second-order valence-corrected chi connectivity index (χ2v) is 5.28. The highest BCUT2D eigenvalue weighted by molar-refractivity contribution is 9.10. The molecule has 0 radical (unpaired) electrons. The fraction of sp³-hybridized carbons (Fsp3) is 0.143. The first-order valence-corrected chi connectivity index (χ1v) is 6.90. The first-order valence-electron chi connectivity index (χ1n) is 5.72. The van der Waals surface area contributed by atoms with Crippen molar-refractivity contribution in [3.05, 3.63) is 57.0 Å². The number of hydrogen-bond acceptors (Lipinski definition) is 2. The molecule has 2 aromatic carbocycles. The molecule has 1 N–H and O–H groups in total. The van der Waals surface area contributed by atoms with Gasteiger partial charge in [0.05, 0.1) is 12.8 Å². The minimum Gasteiger partial charge on any atom is -0.496 e. The molecular weight excluding hydrogens is 352 g/mol. The number of halogens is 4. The van der Waals surface area contributed by atoms with Gasteiger partial charge in [0.2, 0.25) is 0 Å². The van der Waals surface area contributed by atoms with E-state index < -0.39 is 11.6 Å². The van der Waals surface area contributed by atoms with Crippen molar-refractivity contribution < 1.29 is 13.5 Å². The van der Waals surface area contributed by atoms with Crippen LogP contribution in [0, 0.1) is 11.6 Å². The highest BCUT2D eigenvalue weighted by Crippen LogP contribution is 2.30. The van der Waals surface area contributed by atoms with Crippen LogP contribution < -0.4 is 10.1 Å². The summed E-state index contributed by atoms with van der Waals surface area (Å²) in [6, 6.07) is 7.25. The van der Waals surface area contributed by atoms with Crippen LogP contribution in [0.15, 0.2) is 34.8 Å². The van der Waals surface area contributed by atoms with Crippen molar-refractivity contribution in [3.63, 3.8) is 0 Å². The topological polar surface area (TPSA) is 21.3 Å². The van der Waals surface area contributed by atoms with E-state index in [9.17, 15) is 8.78 Å². The van der Waals surface area contributed by atoms with E-state index in [4.69, 9.17) is 16.3 Å². The van der Waals surface area contributed by atoms with Gasteiger partial charge in [-0.2, -0.15) is 0 Å². The molecule has 0 saturated heterocycles. The summed E-state index contributed by atoms with van der Waals surface area (Å²) < 4.78 is 32.2. The van der Waals surface area contributed by atoms with Crippen LogP contribution in [-0.4, -0.2) is 7.11 Å². The minimum atomic E-state index is -0.678. The normalized spacial score (nSPS) is 10.4.